The lowest BCUT2D eigenvalue weighted by Crippen LogP contribution is -2.42. The number of carbonyl (C=O) groups is 2. The van der Waals surface area contributed by atoms with Gasteiger partial charge in [-0.05, 0) is 12.8 Å². The summed E-state index contributed by atoms with van der Waals surface area (Å²) in [5.74, 6) is 0.690. The molecule has 108 valence electrons. The fourth-order valence-corrected chi connectivity index (χ4v) is 2.77. The normalized spacial score (nSPS) is 20.4. The van der Waals surface area contributed by atoms with Crippen LogP contribution in [0.3, 0.4) is 0 Å². The van der Waals surface area contributed by atoms with Crippen LogP contribution in [0.1, 0.15) is 12.8 Å². The maximum absolute atomic E-state index is 11.8. The van der Waals surface area contributed by atoms with E-state index in [4.69, 9.17) is 9.57 Å². The fraction of sp³-hybridized carbons (Fsp3) is 0.833. The number of rotatable bonds is 4. The largest absolute Gasteiger partial charge is 0.378 e. The first-order chi connectivity index (χ1) is 9.27. The summed E-state index contributed by atoms with van der Waals surface area (Å²) in [4.78, 5) is 30.7. The highest BCUT2D eigenvalue weighted by Crippen LogP contribution is 2.10. The molecule has 19 heavy (non-hydrogen) atoms. The fourth-order valence-electron chi connectivity index (χ4n) is 2.00. The minimum absolute atomic E-state index is 0.0422. The van der Waals surface area contributed by atoms with Gasteiger partial charge in [-0.25, -0.2) is 5.06 Å². The second-order valence-corrected chi connectivity index (χ2v) is 5.51. The van der Waals surface area contributed by atoms with E-state index in [1.807, 2.05) is 0 Å². The van der Waals surface area contributed by atoms with Gasteiger partial charge in [-0.1, -0.05) is 0 Å². The van der Waals surface area contributed by atoms with Crippen molar-refractivity contribution in [1.82, 2.24) is 9.96 Å². The third kappa shape index (κ3) is 4.67. The van der Waals surface area contributed by atoms with Crippen LogP contribution in [0.15, 0.2) is 0 Å². The first-order valence-corrected chi connectivity index (χ1v) is 7.79. The van der Waals surface area contributed by atoms with E-state index in [0.717, 1.165) is 12.8 Å². The lowest BCUT2D eigenvalue weighted by atomic mass is 10.3. The second-order valence-electron chi connectivity index (χ2n) is 4.52. The molecule has 0 aliphatic carbocycles. The second kappa shape index (κ2) is 7.72. The molecule has 0 bridgehead atoms. The van der Waals surface area contributed by atoms with Crippen LogP contribution in [0.5, 0.6) is 0 Å². The molecular weight excluding hydrogens is 268 g/mol. The summed E-state index contributed by atoms with van der Waals surface area (Å²) >= 11 is 1.35. The minimum atomic E-state index is -0.0422. The van der Waals surface area contributed by atoms with Crippen LogP contribution >= 0.6 is 11.8 Å². The van der Waals surface area contributed by atoms with Gasteiger partial charge in [0.05, 0.1) is 31.3 Å². The van der Waals surface area contributed by atoms with Crippen molar-refractivity contribution >= 4 is 23.6 Å². The van der Waals surface area contributed by atoms with Crippen molar-refractivity contribution in [3.05, 3.63) is 0 Å². The topological polar surface area (TPSA) is 59.1 Å². The van der Waals surface area contributed by atoms with Crippen molar-refractivity contribution in [3.8, 4) is 0 Å². The average Bonchev–Trinajstić information content (AvgIpc) is 2.49. The molecule has 0 atom stereocenters. The van der Waals surface area contributed by atoms with Gasteiger partial charge in [0, 0.05) is 19.6 Å². The number of morpholine rings is 1. The zero-order valence-electron chi connectivity index (χ0n) is 11.0. The van der Waals surface area contributed by atoms with Gasteiger partial charge in [-0.3, -0.25) is 14.4 Å². The minimum Gasteiger partial charge on any atom is -0.378 e. The Hall–Kier alpha value is -0.790. The third-order valence-electron chi connectivity index (χ3n) is 3.10. The summed E-state index contributed by atoms with van der Waals surface area (Å²) in [6.45, 7) is 3.80. The molecule has 0 unspecified atom stereocenters. The molecule has 0 N–H and O–H groups in total. The number of amides is 2. The maximum atomic E-state index is 11.8. The van der Waals surface area contributed by atoms with Crippen molar-refractivity contribution < 1.29 is 19.2 Å². The Morgan fingerprint density at radius 1 is 0.947 bits per heavy atom. The number of nitrogens with zero attached hydrogens (tertiary/aromatic N) is 2. The molecule has 2 aliphatic rings. The predicted octanol–water partition coefficient (Wildman–Crippen LogP) is 0.132. The van der Waals surface area contributed by atoms with Crippen LogP contribution in [0.2, 0.25) is 0 Å². The summed E-state index contributed by atoms with van der Waals surface area (Å²) in [5, 5.41) is 1.43. The first kappa shape index (κ1) is 14.6. The molecular formula is C12H20N2O4S. The van der Waals surface area contributed by atoms with Crippen molar-refractivity contribution in [1.29, 1.82) is 0 Å². The van der Waals surface area contributed by atoms with Gasteiger partial charge in [0.2, 0.25) is 5.91 Å². The Kier molecular flexibility index (Phi) is 5.93. The lowest BCUT2D eigenvalue weighted by Gasteiger charge is -2.27. The molecule has 0 aromatic carbocycles. The van der Waals surface area contributed by atoms with E-state index < -0.39 is 0 Å². The van der Waals surface area contributed by atoms with Crippen molar-refractivity contribution in [2.24, 2.45) is 0 Å². The van der Waals surface area contributed by atoms with Gasteiger partial charge in [-0.2, -0.15) is 0 Å². The Balaban J connectivity index is 1.62. The Bertz CT molecular complexity index is 285. The van der Waals surface area contributed by atoms with Crippen LogP contribution in [-0.2, 0) is 19.2 Å². The number of hydrogen-bond acceptors (Lipinski definition) is 5. The van der Waals surface area contributed by atoms with Gasteiger partial charge in [-0.15, -0.1) is 11.8 Å². The smallest absolute Gasteiger partial charge is 0.256 e. The highest BCUT2D eigenvalue weighted by atomic mass is 32.2. The lowest BCUT2D eigenvalue weighted by molar-refractivity contribution is -0.194. The number of ether oxygens (including phenoxy) is 1. The first-order valence-electron chi connectivity index (χ1n) is 6.64. The van der Waals surface area contributed by atoms with Crippen LogP contribution < -0.4 is 0 Å². The van der Waals surface area contributed by atoms with E-state index in [1.54, 1.807) is 4.90 Å². The Morgan fingerprint density at radius 3 is 2.37 bits per heavy atom. The molecule has 0 aromatic rings. The zero-order valence-corrected chi connectivity index (χ0v) is 11.8. The van der Waals surface area contributed by atoms with Crippen molar-refractivity contribution in [3.63, 3.8) is 0 Å². The van der Waals surface area contributed by atoms with E-state index in [0.29, 0.717) is 51.0 Å². The number of thioether (sulfide) groups is 1. The molecule has 2 fully saturated rings. The number of carbonyl (C=O) groups excluding carboxylic acids is 2. The van der Waals surface area contributed by atoms with Crippen LogP contribution in [0.4, 0.5) is 0 Å². The summed E-state index contributed by atoms with van der Waals surface area (Å²) in [6, 6.07) is 0. The van der Waals surface area contributed by atoms with E-state index in [-0.39, 0.29) is 11.8 Å². The molecule has 0 radical (unpaired) electrons. The summed E-state index contributed by atoms with van der Waals surface area (Å²) in [6.07, 6.45) is 2.00. The van der Waals surface area contributed by atoms with Crippen LogP contribution in [0.25, 0.3) is 0 Å². The SMILES string of the molecule is O=C(CSCC(=O)N1CCCCO1)N1CCOCC1. The number of hydroxylamine groups is 2. The van der Waals surface area contributed by atoms with E-state index in [2.05, 4.69) is 0 Å². The molecule has 0 aromatic heterocycles. The molecule has 2 amide bonds. The Labute approximate surface area is 117 Å². The molecule has 2 rings (SSSR count). The quantitative estimate of drug-likeness (QED) is 0.736. The predicted molar refractivity (Wildman–Crippen MR) is 71.6 cm³/mol. The van der Waals surface area contributed by atoms with E-state index in [9.17, 15) is 9.59 Å². The van der Waals surface area contributed by atoms with Crippen LogP contribution in [-0.4, -0.2) is 72.7 Å². The van der Waals surface area contributed by atoms with Crippen molar-refractivity contribution in [2.45, 2.75) is 12.8 Å². The number of hydrogen-bond donors (Lipinski definition) is 0. The Morgan fingerprint density at radius 2 is 1.68 bits per heavy atom. The summed E-state index contributed by atoms with van der Waals surface area (Å²) < 4.78 is 5.19. The highest BCUT2D eigenvalue weighted by molar-refractivity contribution is 8.00. The van der Waals surface area contributed by atoms with Crippen LogP contribution in [0, 0.1) is 0 Å². The van der Waals surface area contributed by atoms with Crippen molar-refractivity contribution in [2.75, 3.05) is 51.0 Å². The summed E-state index contributed by atoms with van der Waals surface area (Å²) in [7, 11) is 0. The monoisotopic (exact) mass is 288 g/mol. The van der Waals surface area contributed by atoms with E-state index >= 15 is 0 Å². The molecule has 7 heteroatoms. The van der Waals surface area contributed by atoms with Gasteiger partial charge in [0.15, 0.2) is 0 Å². The third-order valence-corrected chi connectivity index (χ3v) is 4.00. The molecule has 2 saturated heterocycles. The molecule has 2 aliphatic heterocycles. The molecule has 0 saturated carbocycles. The highest BCUT2D eigenvalue weighted by Gasteiger charge is 2.20. The molecule has 2 heterocycles. The molecule has 6 nitrogen and oxygen atoms in total. The maximum Gasteiger partial charge on any atom is 0.256 e. The summed E-state index contributed by atoms with van der Waals surface area (Å²) in [5.41, 5.74) is 0. The standard InChI is InChI=1S/C12H20N2O4S/c15-11(13-4-7-17-8-5-13)9-19-10-12(16)14-3-1-2-6-18-14/h1-10H2. The zero-order chi connectivity index (χ0) is 13.5. The van der Waals surface area contributed by atoms with Gasteiger partial charge in [0.1, 0.15) is 0 Å². The average molecular weight is 288 g/mol. The van der Waals surface area contributed by atoms with Gasteiger partial charge in [0.25, 0.3) is 5.91 Å². The molecule has 0 spiro atoms. The van der Waals surface area contributed by atoms with E-state index in [1.165, 1.54) is 16.8 Å². The van der Waals surface area contributed by atoms with Gasteiger partial charge >= 0.3 is 0 Å². The van der Waals surface area contributed by atoms with Gasteiger partial charge < -0.3 is 9.64 Å².